The number of nitrogens with one attached hydrogen (secondary N) is 1. The average Bonchev–Trinajstić information content (AvgIpc) is 3.15. The molecule has 54 heavy (non-hydrogen) atoms. The highest BCUT2D eigenvalue weighted by Gasteiger charge is 2.23. The Kier molecular flexibility index (Phi) is 39.0. The summed E-state index contributed by atoms with van der Waals surface area (Å²) in [6, 6.07) is -1.35. The van der Waals surface area contributed by atoms with Crippen LogP contribution in [0.3, 0.4) is 0 Å². The molecule has 0 aromatic rings. The number of esters is 1. The van der Waals surface area contributed by atoms with Crippen LogP contribution in [-0.4, -0.2) is 59.6 Å². The molecule has 0 aromatic carbocycles. The van der Waals surface area contributed by atoms with Crippen molar-refractivity contribution in [2.45, 2.75) is 251 Å². The molecule has 0 heterocycles. The molecule has 0 fully saturated rings. The number of carboxylic acids is 1. The van der Waals surface area contributed by atoms with Crippen molar-refractivity contribution in [3.05, 3.63) is 4.91 Å². The van der Waals surface area contributed by atoms with Crippen molar-refractivity contribution in [1.29, 1.82) is 0 Å². The van der Waals surface area contributed by atoms with Gasteiger partial charge in [0.1, 0.15) is 6.10 Å². The maximum Gasteiger partial charge on any atom is 0.306 e. The van der Waals surface area contributed by atoms with Crippen molar-refractivity contribution in [2.24, 2.45) is 5.18 Å². The van der Waals surface area contributed by atoms with E-state index in [-0.39, 0.29) is 32.4 Å². The molecule has 0 saturated heterocycles. The monoisotopic (exact) mass is 769 g/mol. The SMILES string of the molecule is CCCCCCCCCCCCCCCCCC(=O)OC(CNC(=O)C(CCC(=O)O)N=O)COC(O)CCCCCCCCCCCCCCCCC. The molecule has 0 radical (unpaired) electrons. The number of hydrogen-bond acceptors (Lipinski definition) is 8. The quantitative estimate of drug-likeness (QED) is 0.0240. The smallest absolute Gasteiger partial charge is 0.306 e. The molecule has 0 bridgehead atoms. The van der Waals surface area contributed by atoms with E-state index in [0.717, 1.165) is 32.1 Å². The number of amides is 1. The molecule has 0 spiro atoms. The summed E-state index contributed by atoms with van der Waals surface area (Å²) < 4.78 is 11.2. The highest BCUT2D eigenvalue weighted by Crippen LogP contribution is 2.16. The van der Waals surface area contributed by atoms with E-state index in [4.69, 9.17) is 14.6 Å². The molecule has 1 amide bonds. The summed E-state index contributed by atoms with van der Waals surface area (Å²) in [6.07, 6.45) is 35.8. The third-order valence-electron chi connectivity index (χ3n) is 10.4. The second-order valence-electron chi connectivity index (χ2n) is 15.6. The number of ether oxygens (including phenoxy) is 2. The number of nitroso groups, excluding NO2 is 1. The van der Waals surface area contributed by atoms with Gasteiger partial charge in [-0.05, 0) is 25.7 Å². The Morgan fingerprint density at radius 1 is 0.556 bits per heavy atom. The predicted octanol–water partition coefficient (Wildman–Crippen LogP) is 11.9. The van der Waals surface area contributed by atoms with Gasteiger partial charge in [-0.3, -0.25) is 14.4 Å². The van der Waals surface area contributed by atoms with Crippen LogP contribution in [0.15, 0.2) is 5.18 Å². The molecule has 318 valence electrons. The van der Waals surface area contributed by atoms with Crippen LogP contribution < -0.4 is 5.32 Å². The molecule has 3 atom stereocenters. The summed E-state index contributed by atoms with van der Waals surface area (Å²) in [5.41, 5.74) is 0. The number of aliphatic hydroxyl groups excluding tert-OH is 1. The third kappa shape index (κ3) is 36.9. The minimum Gasteiger partial charge on any atom is -0.481 e. The first-order chi connectivity index (χ1) is 26.3. The minimum absolute atomic E-state index is 0.112. The molecule has 0 rings (SSSR count). The summed E-state index contributed by atoms with van der Waals surface area (Å²) in [4.78, 5) is 47.2. The van der Waals surface area contributed by atoms with Gasteiger partial charge in [0.15, 0.2) is 12.3 Å². The third-order valence-corrected chi connectivity index (χ3v) is 10.4. The zero-order valence-electron chi connectivity index (χ0n) is 35.0. The van der Waals surface area contributed by atoms with Gasteiger partial charge in [-0.25, -0.2) is 0 Å². The van der Waals surface area contributed by atoms with Gasteiger partial charge in [0, 0.05) is 12.8 Å². The zero-order chi connectivity index (χ0) is 39.7. The first-order valence-electron chi connectivity index (χ1n) is 22.6. The Balaban J connectivity index is 4.31. The summed E-state index contributed by atoms with van der Waals surface area (Å²) in [7, 11) is 0. The zero-order valence-corrected chi connectivity index (χ0v) is 35.0. The topological polar surface area (TPSA) is 152 Å². The second-order valence-corrected chi connectivity index (χ2v) is 15.6. The molecule has 0 aliphatic rings. The van der Waals surface area contributed by atoms with E-state index in [1.165, 1.54) is 154 Å². The van der Waals surface area contributed by atoms with Gasteiger partial charge in [0.2, 0.25) is 5.91 Å². The Bertz CT molecular complexity index is 874. The van der Waals surface area contributed by atoms with Gasteiger partial charge in [0.25, 0.3) is 0 Å². The van der Waals surface area contributed by atoms with E-state index in [2.05, 4.69) is 24.3 Å². The number of carboxylic acid groups (broad SMARTS) is 1. The number of carbonyl (C=O) groups excluding carboxylic acids is 2. The minimum atomic E-state index is -1.35. The maximum absolute atomic E-state index is 12.7. The largest absolute Gasteiger partial charge is 0.481 e. The highest BCUT2D eigenvalue weighted by atomic mass is 16.6. The number of aliphatic hydroxyl groups is 1. The number of nitrogens with zero attached hydrogens (tertiary/aromatic N) is 1. The standard InChI is InChI=1S/C44H84N2O8/c1-3-5-7-9-11-13-15-17-19-21-23-25-27-29-31-33-42(49)53-38-39(37-45-44(51)40(46-52)35-36-41(47)48)54-43(50)34-32-30-28-26-24-22-20-18-16-14-12-10-8-6-4-2/h39-40,42,49H,3-38H2,1-2H3,(H,45,51)(H,47,48). The van der Waals surface area contributed by atoms with E-state index in [1.807, 2.05) is 0 Å². The van der Waals surface area contributed by atoms with E-state index in [1.54, 1.807) is 0 Å². The summed E-state index contributed by atoms with van der Waals surface area (Å²) in [5.74, 6) is -2.26. The predicted molar refractivity (Wildman–Crippen MR) is 220 cm³/mol. The fraction of sp³-hybridized carbons (Fsp3) is 0.932. The normalized spacial score (nSPS) is 13.0. The Morgan fingerprint density at radius 2 is 0.944 bits per heavy atom. The van der Waals surface area contributed by atoms with Gasteiger partial charge in [-0.1, -0.05) is 199 Å². The van der Waals surface area contributed by atoms with Crippen LogP contribution in [0.2, 0.25) is 0 Å². The lowest BCUT2D eigenvalue weighted by Crippen LogP contribution is -2.42. The average molecular weight is 769 g/mol. The summed E-state index contributed by atoms with van der Waals surface area (Å²) in [5, 5.41) is 24.7. The number of rotatable bonds is 43. The van der Waals surface area contributed by atoms with Crippen molar-refractivity contribution in [3.8, 4) is 0 Å². The number of aliphatic carboxylic acids is 1. The van der Waals surface area contributed by atoms with Crippen LogP contribution in [-0.2, 0) is 23.9 Å². The van der Waals surface area contributed by atoms with Crippen LogP contribution in [0.25, 0.3) is 0 Å². The Labute approximate surface area is 330 Å². The van der Waals surface area contributed by atoms with Crippen LogP contribution in [0.1, 0.15) is 232 Å². The van der Waals surface area contributed by atoms with Crippen molar-refractivity contribution in [1.82, 2.24) is 5.32 Å². The molecular weight excluding hydrogens is 684 g/mol. The maximum atomic E-state index is 12.7. The lowest BCUT2D eigenvalue weighted by atomic mass is 10.0. The first kappa shape index (κ1) is 51.9. The van der Waals surface area contributed by atoms with Crippen molar-refractivity contribution in [3.63, 3.8) is 0 Å². The van der Waals surface area contributed by atoms with Gasteiger partial charge in [-0.15, -0.1) is 4.91 Å². The van der Waals surface area contributed by atoms with Crippen LogP contribution in [0.4, 0.5) is 0 Å². The fourth-order valence-corrected chi connectivity index (χ4v) is 6.84. The molecular formula is C44H84N2O8. The van der Waals surface area contributed by atoms with Crippen molar-refractivity contribution in [2.75, 3.05) is 13.2 Å². The highest BCUT2D eigenvalue weighted by molar-refractivity contribution is 5.82. The molecule has 0 aliphatic heterocycles. The molecule has 10 heteroatoms. The van der Waals surface area contributed by atoms with Gasteiger partial charge < -0.3 is 25.0 Å². The van der Waals surface area contributed by atoms with E-state index >= 15 is 0 Å². The van der Waals surface area contributed by atoms with Gasteiger partial charge >= 0.3 is 11.9 Å². The summed E-state index contributed by atoms with van der Waals surface area (Å²) >= 11 is 0. The van der Waals surface area contributed by atoms with E-state index in [0.29, 0.717) is 12.8 Å². The van der Waals surface area contributed by atoms with Gasteiger partial charge in [0.05, 0.1) is 13.2 Å². The van der Waals surface area contributed by atoms with Gasteiger partial charge in [-0.2, -0.15) is 0 Å². The van der Waals surface area contributed by atoms with Crippen LogP contribution >= 0.6 is 0 Å². The Morgan fingerprint density at radius 3 is 1.33 bits per heavy atom. The molecule has 3 N–H and O–H groups in total. The molecule has 0 aliphatic carbocycles. The van der Waals surface area contributed by atoms with E-state index < -0.39 is 36.3 Å². The molecule has 0 saturated carbocycles. The molecule has 0 aromatic heterocycles. The lowest BCUT2D eigenvalue weighted by molar-refractivity contribution is -0.163. The Hall–Kier alpha value is -2.07. The lowest BCUT2D eigenvalue weighted by Gasteiger charge is -2.21. The summed E-state index contributed by atoms with van der Waals surface area (Å²) in [6.45, 7) is 4.27. The van der Waals surface area contributed by atoms with E-state index in [9.17, 15) is 24.4 Å². The first-order valence-corrected chi connectivity index (χ1v) is 22.6. The molecule has 3 unspecified atom stereocenters. The number of hydrogen-bond donors (Lipinski definition) is 3. The number of unbranched alkanes of at least 4 members (excludes halogenated alkanes) is 28. The van der Waals surface area contributed by atoms with Crippen molar-refractivity contribution < 1.29 is 34.1 Å². The number of carbonyl (C=O) groups is 3. The molecule has 10 nitrogen and oxygen atoms in total. The van der Waals surface area contributed by atoms with Crippen LogP contribution in [0.5, 0.6) is 0 Å². The van der Waals surface area contributed by atoms with Crippen molar-refractivity contribution >= 4 is 17.8 Å². The fourth-order valence-electron chi connectivity index (χ4n) is 6.84. The second kappa shape index (κ2) is 40.6. The van der Waals surface area contributed by atoms with Crippen LogP contribution in [0, 0.1) is 4.91 Å².